The fourth-order valence-electron chi connectivity index (χ4n) is 2.79. The molecule has 1 aromatic carbocycles. The van der Waals surface area contributed by atoms with Crippen LogP contribution < -0.4 is 0 Å². The van der Waals surface area contributed by atoms with Gasteiger partial charge >= 0.3 is 0 Å². The Hall–Kier alpha value is -1.66. The second-order valence-corrected chi connectivity index (χ2v) is 8.75. The maximum atomic E-state index is 12.9. The van der Waals surface area contributed by atoms with Crippen molar-refractivity contribution in [3.05, 3.63) is 42.5 Å². The first kappa shape index (κ1) is 17.7. The van der Waals surface area contributed by atoms with E-state index in [2.05, 4.69) is 6.58 Å². The monoisotopic (exact) mass is 336 g/mol. The Morgan fingerprint density at radius 3 is 2.39 bits per heavy atom. The van der Waals surface area contributed by atoms with Crippen molar-refractivity contribution >= 4 is 15.9 Å². The summed E-state index contributed by atoms with van der Waals surface area (Å²) in [5, 5.41) is 0. The average molecular weight is 336 g/mol. The van der Waals surface area contributed by atoms with Crippen molar-refractivity contribution in [3.8, 4) is 0 Å². The van der Waals surface area contributed by atoms with E-state index in [4.69, 9.17) is 0 Å². The molecule has 0 spiro atoms. The highest BCUT2D eigenvalue weighted by atomic mass is 32.2. The van der Waals surface area contributed by atoms with Crippen LogP contribution in [-0.4, -0.2) is 49.7 Å². The molecule has 6 heteroatoms. The normalized spacial score (nSPS) is 19.4. The number of aryl methyl sites for hydroxylation is 1. The van der Waals surface area contributed by atoms with Gasteiger partial charge in [-0.15, -0.1) is 6.58 Å². The number of carbonyl (C=O) groups excluding carboxylic acids is 1. The van der Waals surface area contributed by atoms with E-state index < -0.39 is 10.0 Å². The third kappa shape index (κ3) is 4.00. The summed E-state index contributed by atoms with van der Waals surface area (Å²) in [4.78, 5) is 14.3. The molecule has 0 bridgehead atoms. The lowest BCUT2D eigenvalue weighted by Crippen LogP contribution is -2.39. The third-order valence-electron chi connectivity index (χ3n) is 3.90. The quantitative estimate of drug-likeness (QED) is 0.791. The predicted molar refractivity (Wildman–Crippen MR) is 90.5 cm³/mol. The maximum absolute atomic E-state index is 12.9. The van der Waals surface area contributed by atoms with E-state index in [1.807, 2.05) is 20.8 Å². The number of hydrogen-bond donors (Lipinski definition) is 0. The Kier molecular flexibility index (Phi) is 4.96. The number of nitrogens with zero attached hydrogens (tertiary/aromatic N) is 2. The largest absolute Gasteiger partial charge is 0.337 e. The average Bonchev–Trinajstić information content (AvgIpc) is 2.57. The summed E-state index contributed by atoms with van der Waals surface area (Å²) >= 11 is 0. The number of benzene rings is 1. The molecule has 5 nitrogen and oxygen atoms in total. The van der Waals surface area contributed by atoms with Gasteiger partial charge < -0.3 is 4.90 Å². The van der Waals surface area contributed by atoms with Crippen molar-refractivity contribution in [1.29, 1.82) is 0 Å². The van der Waals surface area contributed by atoms with Crippen LogP contribution in [0.2, 0.25) is 0 Å². The minimum absolute atomic E-state index is 0.131. The molecule has 0 saturated carbocycles. The highest BCUT2D eigenvalue weighted by molar-refractivity contribution is 7.89. The molecule has 1 aliphatic heterocycles. The van der Waals surface area contributed by atoms with E-state index in [0.717, 1.165) is 5.56 Å². The van der Waals surface area contributed by atoms with Gasteiger partial charge in [0.15, 0.2) is 0 Å². The maximum Gasteiger partial charge on any atom is 0.243 e. The van der Waals surface area contributed by atoms with E-state index in [-0.39, 0.29) is 22.8 Å². The van der Waals surface area contributed by atoms with Gasteiger partial charge in [0.05, 0.1) is 11.4 Å². The number of rotatable bonds is 4. The molecule has 1 heterocycles. The number of amides is 1. The van der Waals surface area contributed by atoms with E-state index >= 15 is 0 Å². The molecule has 0 aromatic heterocycles. The molecule has 1 aromatic rings. The molecule has 0 radical (unpaired) electrons. The molecule has 0 unspecified atom stereocenters. The van der Waals surface area contributed by atoms with Gasteiger partial charge in [-0.2, -0.15) is 4.31 Å². The standard InChI is InChI=1S/C17H24N2O3S/c1-5-10-18-12-17(3,4)13-19(11-16(18)20)23(21,22)15-8-6-14(2)7-9-15/h5-9H,1,10-13H2,2-4H3. The van der Waals surface area contributed by atoms with Crippen LogP contribution in [0, 0.1) is 12.3 Å². The summed E-state index contributed by atoms with van der Waals surface area (Å²) in [5.74, 6) is -0.189. The first-order valence-corrected chi connectivity index (χ1v) is 9.05. The first-order valence-electron chi connectivity index (χ1n) is 7.61. The van der Waals surface area contributed by atoms with E-state index in [1.165, 1.54) is 4.31 Å². The fraction of sp³-hybridized carbons (Fsp3) is 0.471. The zero-order valence-electron chi connectivity index (χ0n) is 13.9. The molecular weight excluding hydrogens is 312 g/mol. The molecule has 23 heavy (non-hydrogen) atoms. The highest BCUT2D eigenvalue weighted by Gasteiger charge is 2.38. The molecule has 1 amide bonds. The van der Waals surface area contributed by atoms with Crippen LogP contribution in [0.1, 0.15) is 19.4 Å². The van der Waals surface area contributed by atoms with Gasteiger partial charge in [0, 0.05) is 19.6 Å². The molecule has 0 N–H and O–H groups in total. The number of hydrogen-bond acceptors (Lipinski definition) is 3. The van der Waals surface area contributed by atoms with Crippen LogP contribution in [0.3, 0.4) is 0 Å². The topological polar surface area (TPSA) is 57.7 Å². The van der Waals surface area contributed by atoms with Crippen molar-refractivity contribution in [2.75, 3.05) is 26.2 Å². The van der Waals surface area contributed by atoms with Crippen LogP contribution >= 0.6 is 0 Å². The summed E-state index contributed by atoms with van der Waals surface area (Å²) in [6.07, 6.45) is 1.66. The summed E-state index contributed by atoms with van der Waals surface area (Å²) < 4.78 is 27.1. The van der Waals surface area contributed by atoms with Gasteiger partial charge in [-0.3, -0.25) is 4.79 Å². The van der Waals surface area contributed by atoms with Crippen molar-refractivity contribution in [2.24, 2.45) is 5.41 Å². The van der Waals surface area contributed by atoms with Crippen LogP contribution in [0.25, 0.3) is 0 Å². The van der Waals surface area contributed by atoms with Gasteiger partial charge in [-0.05, 0) is 24.5 Å². The predicted octanol–water partition coefficient (Wildman–Crippen LogP) is 2.04. The smallest absolute Gasteiger partial charge is 0.243 e. The molecule has 1 fully saturated rings. The summed E-state index contributed by atoms with van der Waals surface area (Å²) in [6, 6.07) is 6.71. The van der Waals surface area contributed by atoms with Crippen LogP contribution in [-0.2, 0) is 14.8 Å². The molecular formula is C17H24N2O3S. The lowest BCUT2D eigenvalue weighted by molar-refractivity contribution is -0.130. The van der Waals surface area contributed by atoms with Gasteiger partial charge in [0.2, 0.25) is 15.9 Å². The third-order valence-corrected chi connectivity index (χ3v) is 5.70. The van der Waals surface area contributed by atoms with Crippen molar-refractivity contribution < 1.29 is 13.2 Å². The second-order valence-electron chi connectivity index (χ2n) is 6.81. The minimum atomic E-state index is -3.68. The van der Waals surface area contributed by atoms with E-state index in [1.54, 1.807) is 35.2 Å². The fourth-order valence-corrected chi connectivity index (χ4v) is 4.37. The van der Waals surface area contributed by atoms with Crippen LogP contribution in [0.4, 0.5) is 0 Å². The minimum Gasteiger partial charge on any atom is -0.337 e. The SMILES string of the molecule is C=CCN1CC(C)(C)CN(S(=O)(=O)c2ccc(C)cc2)CC1=O. The van der Waals surface area contributed by atoms with Gasteiger partial charge in [-0.25, -0.2) is 8.42 Å². The summed E-state index contributed by atoms with van der Waals surface area (Å²) in [7, 11) is -3.68. The highest BCUT2D eigenvalue weighted by Crippen LogP contribution is 2.27. The zero-order valence-corrected chi connectivity index (χ0v) is 14.8. The summed E-state index contributed by atoms with van der Waals surface area (Å²) in [5.41, 5.74) is 0.667. The Morgan fingerprint density at radius 2 is 1.83 bits per heavy atom. The van der Waals surface area contributed by atoms with Crippen LogP contribution in [0.15, 0.2) is 41.8 Å². The van der Waals surface area contributed by atoms with E-state index in [9.17, 15) is 13.2 Å². The van der Waals surface area contributed by atoms with Gasteiger partial charge in [-0.1, -0.05) is 37.6 Å². The van der Waals surface area contributed by atoms with E-state index in [0.29, 0.717) is 19.6 Å². The number of carbonyl (C=O) groups is 1. The second kappa shape index (κ2) is 6.45. The molecule has 2 rings (SSSR count). The van der Waals surface area contributed by atoms with Crippen molar-refractivity contribution in [1.82, 2.24) is 9.21 Å². The first-order chi connectivity index (χ1) is 10.7. The Labute approximate surface area is 138 Å². The van der Waals surface area contributed by atoms with Gasteiger partial charge in [0.1, 0.15) is 0 Å². The molecule has 1 saturated heterocycles. The van der Waals surface area contributed by atoms with Crippen molar-refractivity contribution in [2.45, 2.75) is 25.7 Å². The molecule has 126 valence electrons. The lowest BCUT2D eigenvalue weighted by Gasteiger charge is -2.30. The van der Waals surface area contributed by atoms with Crippen LogP contribution in [0.5, 0.6) is 0 Å². The van der Waals surface area contributed by atoms with Crippen molar-refractivity contribution in [3.63, 3.8) is 0 Å². The molecule has 0 aliphatic carbocycles. The summed E-state index contributed by atoms with van der Waals surface area (Å²) in [6.45, 7) is 10.6. The Morgan fingerprint density at radius 1 is 1.22 bits per heavy atom. The molecule has 1 aliphatic rings. The lowest BCUT2D eigenvalue weighted by atomic mass is 9.93. The Bertz CT molecular complexity index is 693. The Balaban J connectivity index is 2.36. The molecule has 0 atom stereocenters. The zero-order chi connectivity index (χ0) is 17.3. The van der Waals surface area contributed by atoms with Gasteiger partial charge in [0.25, 0.3) is 0 Å². The number of sulfonamides is 1.